The fourth-order valence-electron chi connectivity index (χ4n) is 10.3. The Bertz CT molecular complexity index is 2070. The van der Waals surface area contributed by atoms with Gasteiger partial charge in [0.2, 0.25) is 16.6 Å². The third-order valence-electron chi connectivity index (χ3n) is 14.7. The number of hydrogen-bond donors (Lipinski definition) is 0. The van der Waals surface area contributed by atoms with E-state index in [1.807, 2.05) is 48.5 Å². The summed E-state index contributed by atoms with van der Waals surface area (Å²) in [6, 6.07) is 25.5. The summed E-state index contributed by atoms with van der Waals surface area (Å²) in [5, 5.41) is 0. The predicted molar refractivity (Wildman–Crippen MR) is 333 cm³/mol. The molecule has 3 rings (SSSR count). The molecule has 10 nitrogen and oxygen atoms in total. The van der Waals surface area contributed by atoms with Gasteiger partial charge in [0, 0.05) is 12.2 Å². The largest absolute Gasteiger partial charge is 0.463 e. The highest BCUT2D eigenvalue weighted by Gasteiger charge is 2.43. The smallest absolute Gasteiger partial charge is 0.338 e. The molecule has 0 N–H and O–H groups in total. The number of ether oxygens (including phenoxy) is 4. The molecule has 0 aliphatic heterocycles. The zero-order valence-corrected chi connectivity index (χ0v) is 54.1. The number of carbonyl (C=O) groups is 4. The molecule has 3 aromatic rings. The van der Waals surface area contributed by atoms with Gasteiger partial charge in [0.1, 0.15) is 11.5 Å². The number of unbranched alkanes of at least 4 members (excludes halogenated alkanes) is 16. The zero-order chi connectivity index (χ0) is 57.5. The van der Waals surface area contributed by atoms with Gasteiger partial charge in [0.25, 0.3) is 0 Å². The average molecular weight is 1140 g/mol. The molecule has 0 aliphatic carbocycles. The maximum absolute atomic E-state index is 13.9. The number of rotatable bonds is 42. The second-order valence-corrected chi connectivity index (χ2v) is 41.0. The standard InChI is InChI=1S/C64H102O10Si4/c1-13-17-19-21-23-25-27-29-35-61(77(9,10)73-75(5,6)51-33-31-49-69-59(65)15-3)71-63(67)57-45-41-55(42-46-57)53-37-39-54(40-38-53)56-43-47-58(48-44-56)64(68)72-62(36-30-28-26-24-22-20-18-14-2)78(11,12)74-76(7,8)52-34-32-50-70-60(66)16-4/h15-16,37-48,61-62H,3-4,13-14,17-36,49-52H2,1-2,5-12H3. The van der Waals surface area contributed by atoms with Crippen molar-refractivity contribution in [2.45, 2.75) is 231 Å². The van der Waals surface area contributed by atoms with Gasteiger partial charge in [-0.05, 0) is 150 Å². The molecule has 0 saturated carbocycles. The fourth-order valence-corrected chi connectivity index (χ4v) is 28.3. The lowest BCUT2D eigenvalue weighted by molar-refractivity contribution is -0.138. The van der Waals surface area contributed by atoms with Crippen molar-refractivity contribution in [2.75, 3.05) is 13.2 Å². The van der Waals surface area contributed by atoms with Crippen LogP contribution in [0.3, 0.4) is 0 Å². The minimum Gasteiger partial charge on any atom is -0.463 e. The molecule has 0 heterocycles. The van der Waals surface area contributed by atoms with E-state index in [0.29, 0.717) is 24.3 Å². The van der Waals surface area contributed by atoms with Crippen LogP contribution >= 0.6 is 0 Å². The molecule has 434 valence electrons. The molecule has 0 saturated heterocycles. The van der Waals surface area contributed by atoms with Crippen LogP contribution in [0.15, 0.2) is 98.1 Å². The number of hydrogen-bond acceptors (Lipinski definition) is 10. The maximum Gasteiger partial charge on any atom is 0.338 e. The zero-order valence-electron chi connectivity index (χ0n) is 50.1. The summed E-state index contributed by atoms with van der Waals surface area (Å²) in [7, 11) is -9.26. The van der Waals surface area contributed by atoms with E-state index in [0.717, 1.165) is 98.6 Å². The summed E-state index contributed by atoms with van der Waals surface area (Å²) < 4.78 is 37.4. The van der Waals surface area contributed by atoms with Crippen molar-refractivity contribution in [2.24, 2.45) is 0 Å². The van der Waals surface area contributed by atoms with Crippen LogP contribution in [0.5, 0.6) is 0 Å². The SMILES string of the molecule is C=CC(=O)OCCCC[Si](C)(C)O[Si](C)(C)C(CCCCCCCCCC)OC(=O)c1ccc(-c2ccc(-c3ccc(C(=O)OC(CCCCCCCCCC)[Si](C)(C)O[Si](C)(C)CCCCOC(=O)C=C)cc3)cc2)cc1. The van der Waals surface area contributed by atoms with Crippen LogP contribution < -0.4 is 0 Å². The molecular formula is C64H102O10Si4. The minimum atomic E-state index is -2.50. The monoisotopic (exact) mass is 1140 g/mol. The first-order chi connectivity index (χ1) is 37.2. The summed E-state index contributed by atoms with van der Waals surface area (Å²) in [6.45, 7) is 29.9. The van der Waals surface area contributed by atoms with Gasteiger partial charge in [-0.25, -0.2) is 19.2 Å². The summed E-state index contributed by atoms with van der Waals surface area (Å²) in [4.78, 5) is 50.8. The number of carbonyl (C=O) groups excluding carboxylic acids is 4. The molecule has 0 radical (unpaired) electrons. The molecule has 0 aromatic heterocycles. The molecule has 2 atom stereocenters. The van der Waals surface area contributed by atoms with Crippen molar-refractivity contribution in [3.8, 4) is 22.3 Å². The van der Waals surface area contributed by atoms with E-state index in [-0.39, 0.29) is 23.4 Å². The lowest BCUT2D eigenvalue weighted by Gasteiger charge is -2.39. The number of esters is 4. The summed E-state index contributed by atoms with van der Waals surface area (Å²) >= 11 is 0. The van der Waals surface area contributed by atoms with E-state index >= 15 is 0 Å². The Morgan fingerprint density at radius 1 is 0.410 bits per heavy atom. The predicted octanol–water partition coefficient (Wildman–Crippen LogP) is 18.1. The Morgan fingerprint density at radius 2 is 0.692 bits per heavy atom. The Morgan fingerprint density at radius 3 is 0.987 bits per heavy atom. The molecule has 0 spiro atoms. The molecular weight excluding hydrogens is 1040 g/mol. The van der Waals surface area contributed by atoms with Gasteiger partial charge in [0.05, 0.1) is 24.3 Å². The molecule has 2 unspecified atom stereocenters. The average Bonchev–Trinajstić information content (AvgIpc) is 3.42. The molecule has 0 fully saturated rings. The summed E-state index contributed by atoms with van der Waals surface area (Å²) in [5.41, 5.74) is 4.51. The second-order valence-electron chi connectivity index (χ2n) is 23.6. The van der Waals surface area contributed by atoms with Gasteiger partial charge >= 0.3 is 23.9 Å². The minimum absolute atomic E-state index is 0.280. The first-order valence-corrected chi connectivity index (χ1v) is 42.1. The quantitative estimate of drug-likeness (QED) is 0.0178. The Labute approximate surface area is 476 Å². The molecule has 0 amide bonds. The normalized spacial score (nSPS) is 12.8. The Balaban J connectivity index is 1.68. The second kappa shape index (κ2) is 36.2. The highest BCUT2D eigenvalue weighted by Crippen LogP contribution is 2.32. The summed E-state index contributed by atoms with van der Waals surface area (Å²) in [5.74, 6) is -1.43. The lowest BCUT2D eigenvalue weighted by Crippen LogP contribution is -2.54. The molecule has 3 aromatic carbocycles. The van der Waals surface area contributed by atoms with Crippen LogP contribution in [-0.2, 0) is 36.8 Å². The van der Waals surface area contributed by atoms with Gasteiger partial charge in [-0.15, -0.1) is 0 Å². The van der Waals surface area contributed by atoms with E-state index in [2.05, 4.69) is 104 Å². The Kier molecular flexibility index (Phi) is 31.6. The third kappa shape index (κ3) is 26.8. The van der Waals surface area contributed by atoms with Gasteiger partial charge in [-0.3, -0.25) is 0 Å². The molecule has 14 heteroatoms. The van der Waals surface area contributed by atoms with E-state index < -0.39 is 45.2 Å². The van der Waals surface area contributed by atoms with Crippen LogP contribution in [0, 0.1) is 0 Å². The van der Waals surface area contributed by atoms with Crippen molar-refractivity contribution >= 4 is 57.1 Å². The van der Waals surface area contributed by atoms with Gasteiger partial charge in [-0.2, -0.15) is 0 Å². The van der Waals surface area contributed by atoms with E-state index in [1.54, 1.807) is 0 Å². The van der Waals surface area contributed by atoms with Crippen molar-refractivity contribution < 1.29 is 46.4 Å². The first-order valence-electron chi connectivity index (χ1n) is 29.9. The Hall–Kier alpha value is -4.19. The highest BCUT2D eigenvalue weighted by molar-refractivity contribution is 6.86. The van der Waals surface area contributed by atoms with Crippen molar-refractivity contribution in [1.82, 2.24) is 0 Å². The van der Waals surface area contributed by atoms with Crippen LogP contribution in [0.25, 0.3) is 22.3 Å². The number of benzene rings is 3. The van der Waals surface area contributed by atoms with Crippen molar-refractivity contribution in [1.29, 1.82) is 0 Å². The molecule has 0 bridgehead atoms. The van der Waals surface area contributed by atoms with Crippen LogP contribution in [0.4, 0.5) is 0 Å². The maximum atomic E-state index is 13.9. The van der Waals surface area contributed by atoms with Crippen molar-refractivity contribution in [3.05, 3.63) is 109 Å². The van der Waals surface area contributed by atoms with Gasteiger partial charge < -0.3 is 27.2 Å². The fraction of sp³-hybridized carbons (Fsp3) is 0.594. The van der Waals surface area contributed by atoms with E-state index in [4.69, 9.17) is 27.2 Å². The molecule has 0 aliphatic rings. The van der Waals surface area contributed by atoms with Crippen LogP contribution in [0.2, 0.25) is 64.5 Å². The third-order valence-corrected chi connectivity index (χ3v) is 30.4. The van der Waals surface area contributed by atoms with Crippen LogP contribution in [0.1, 0.15) is 176 Å². The lowest BCUT2D eigenvalue weighted by atomic mass is 9.99. The topological polar surface area (TPSA) is 124 Å². The first kappa shape index (κ1) is 68.1. The van der Waals surface area contributed by atoms with Crippen LogP contribution in [-0.4, -0.2) is 81.8 Å². The van der Waals surface area contributed by atoms with E-state index in [1.165, 1.54) is 89.2 Å². The van der Waals surface area contributed by atoms with Crippen molar-refractivity contribution in [3.63, 3.8) is 0 Å². The van der Waals surface area contributed by atoms with Gasteiger partial charge in [0.15, 0.2) is 16.6 Å². The van der Waals surface area contributed by atoms with E-state index in [9.17, 15) is 19.2 Å². The highest BCUT2D eigenvalue weighted by atomic mass is 28.4. The molecule has 78 heavy (non-hydrogen) atoms. The van der Waals surface area contributed by atoms with Gasteiger partial charge in [-0.1, -0.05) is 178 Å². The summed E-state index contributed by atoms with van der Waals surface area (Å²) in [6.07, 6.45) is 26.6.